The largest absolute Gasteiger partial charge is 0.510 e. The first-order chi connectivity index (χ1) is 21.9. The van der Waals surface area contributed by atoms with Crippen LogP contribution in [0.5, 0.6) is 0 Å². The van der Waals surface area contributed by atoms with Crippen LogP contribution in [0.25, 0.3) is 0 Å². The average molecular weight is 704 g/mol. The molecule has 0 saturated carbocycles. The minimum atomic E-state index is -5.03. The van der Waals surface area contributed by atoms with Gasteiger partial charge >= 0.3 is 31.8 Å². The number of hydrogen-bond acceptors (Lipinski definition) is 18. The van der Waals surface area contributed by atoms with E-state index in [1.54, 1.807) is 0 Å². The molecule has 0 aromatic carbocycles. The molecule has 1 fully saturated rings. The summed E-state index contributed by atoms with van der Waals surface area (Å²) >= 11 is 0. The summed E-state index contributed by atoms with van der Waals surface area (Å²) in [5.74, 6) is -1.31. The van der Waals surface area contributed by atoms with Crippen LogP contribution < -0.4 is 17.0 Å². The van der Waals surface area contributed by atoms with Crippen molar-refractivity contribution in [3.8, 4) is 0 Å². The van der Waals surface area contributed by atoms with Crippen molar-refractivity contribution in [2.45, 2.75) is 82.8 Å². The van der Waals surface area contributed by atoms with Crippen LogP contribution >= 0.6 is 7.82 Å². The molecule has 268 valence electrons. The predicted molar refractivity (Wildman–Crippen MR) is 151 cm³/mol. The second kappa shape index (κ2) is 17.1. The van der Waals surface area contributed by atoms with E-state index in [1.807, 2.05) is 4.98 Å². The number of carbonyl (C=O) groups excluding carboxylic acids is 3. The predicted octanol–water partition coefficient (Wildman–Crippen LogP) is -0.178. The molecule has 47 heavy (non-hydrogen) atoms. The summed E-state index contributed by atoms with van der Waals surface area (Å²) in [5, 5.41) is 20.8. The zero-order valence-electron chi connectivity index (χ0n) is 26.2. The average Bonchev–Trinajstić information content (AvgIpc) is 3.17. The summed E-state index contributed by atoms with van der Waals surface area (Å²) in [6.45, 7) is 0.579. The van der Waals surface area contributed by atoms with Crippen LogP contribution in [-0.4, -0.2) is 113 Å². The van der Waals surface area contributed by atoms with Gasteiger partial charge in [0.2, 0.25) is 13.6 Å². The van der Waals surface area contributed by atoms with Gasteiger partial charge in [-0.1, -0.05) is 0 Å². The first-order valence-electron chi connectivity index (χ1n) is 13.9. The number of alkyl halides is 1. The van der Waals surface area contributed by atoms with Crippen molar-refractivity contribution in [3.63, 3.8) is 0 Å². The Bertz CT molecular complexity index is 1350. The number of aromatic nitrogens is 2. The van der Waals surface area contributed by atoms with E-state index < -0.39 is 119 Å². The number of nitrogens with zero attached hydrogens (tertiary/aromatic N) is 1. The Balaban J connectivity index is 2.40. The highest BCUT2D eigenvalue weighted by Crippen LogP contribution is 2.52. The maximum absolute atomic E-state index is 15.0. The summed E-state index contributed by atoms with van der Waals surface area (Å²) in [6, 6.07) is -0.662. The number of hydrogen-bond donors (Lipinski definition) is 4. The number of phosphoric acid groups is 1. The molecule has 5 atom stereocenters. The number of aromatic amines is 1. The lowest BCUT2D eigenvalue weighted by Gasteiger charge is -2.35. The minimum Gasteiger partial charge on any atom is -0.455 e. The van der Waals surface area contributed by atoms with Gasteiger partial charge in [-0.2, -0.15) is 0 Å². The monoisotopic (exact) mass is 703 g/mol. The maximum Gasteiger partial charge on any atom is 0.510 e. The number of ether oxygens (including phenoxy) is 6. The third-order valence-electron chi connectivity index (χ3n) is 6.16. The summed E-state index contributed by atoms with van der Waals surface area (Å²) in [5.41, 5.74) is -1.03. The fourth-order valence-corrected chi connectivity index (χ4v) is 4.90. The molecule has 2 rings (SSSR count). The molecule has 0 spiro atoms. The van der Waals surface area contributed by atoms with Crippen LogP contribution in [0, 0.1) is 0 Å². The van der Waals surface area contributed by atoms with Crippen LogP contribution in [0.15, 0.2) is 21.9 Å². The van der Waals surface area contributed by atoms with Crippen molar-refractivity contribution >= 4 is 26.1 Å². The number of phosphoric ester groups is 1. The smallest absolute Gasteiger partial charge is 0.455 e. The van der Waals surface area contributed by atoms with Crippen molar-refractivity contribution < 1.29 is 75.5 Å². The molecule has 0 radical (unpaired) electrons. The highest BCUT2D eigenvalue weighted by molar-refractivity contribution is 7.48. The lowest BCUT2D eigenvalue weighted by atomic mass is 9.86. The molecule has 1 aromatic rings. The molecular weight excluding hydrogens is 664 g/mol. The second-order valence-electron chi connectivity index (χ2n) is 10.7. The Morgan fingerprint density at radius 3 is 2.11 bits per heavy atom. The molecule has 22 heteroatoms. The lowest BCUT2D eigenvalue weighted by molar-refractivity contribution is -0.177. The van der Waals surface area contributed by atoms with Gasteiger partial charge in [-0.15, -0.1) is 0 Å². The highest BCUT2D eigenvalue weighted by atomic mass is 31.2. The molecular formula is C25H39FN3O17P. The normalized spacial score (nSPS) is 23.4. The van der Waals surface area contributed by atoms with Gasteiger partial charge in [-0.3, -0.25) is 23.7 Å². The molecule has 1 saturated heterocycles. The first-order valence-corrected chi connectivity index (χ1v) is 15.4. The lowest BCUT2D eigenvalue weighted by Crippen LogP contribution is -2.57. The molecule has 0 bridgehead atoms. The van der Waals surface area contributed by atoms with Gasteiger partial charge in [-0.25, -0.2) is 32.4 Å². The Morgan fingerprint density at radius 2 is 1.64 bits per heavy atom. The Kier molecular flexibility index (Phi) is 14.5. The first kappa shape index (κ1) is 39.7. The highest BCUT2D eigenvalue weighted by Gasteiger charge is 2.64. The number of carbonyl (C=O) groups is 3. The third kappa shape index (κ3) is 11.4. The van der Waals surface area contributed by atoms with Gasteiger partial charge in [0, 0.05) is 12.3 Å². The number of rotatable bonds is 17. The Labute approximate surface area is 266 Å². The molecule has 20 nitrogen and oxygen atoms in total. The molecule has 0 amide bonds. The second-order valence-corrected chi connectivity index (χ2v) is 12.4. The van der Waals surface area contributed by atoms with Crippen molar-refractivity contribution in [1.29, 1.82) is 0 Å². The summed E-state index contributed by atoms with van der Waals surface area (Å²) in [7, 11) is -5.03. The quantitative estimate of drug-likeness (QED) is 0.0709. The standard InChI is InChI=1S/C25H39FN3O17P/c1-14(2)43-22(34)38-12-41-47(37,42-13-39-23(35)44-15(3)4)40-11-25(10-26)20(45-19(32)16(27)9-30)24(5,36)17(46-25)8-29-7-6-18(31)28-21(29)33/h6-7,14-17,20,30,36H,8-13,27H2,1-5H3,(H,28,31,33)/t16?,17-,20-,24-,25+/m0/s1. The molecule has 0 aliphatic carbocycles. The van der Waals surface area contributed by atoms with E-state index in [2.05, 4.69) is 9.47 Å². The molecule has 2 heterocycles. The van der Waals surface area contributed by atoms with E-state index >= 15 is 4.39 Å². The Morgan fingerprint density at radius 1 is 1.09 bits per heavy atom. The van der Waals surface area contributed by atoms with Gasteiger partial charge in [-0.05, 0) is 34.6 Å². The number of halogens is 1. The van der Waals surface area contributed by atoms with E-state index in [0.29, 0.717) is 0 Å². The van der Waals surface area contributed by atoms with Crippen molar-refractivity contribution in [2.24, 2.45) is 5.73 Å². The molecule has 1 aliphatic rings. The minimum absolute atomic E-state index is 0.549. The van der Waals surface area contributed by atoms with Crippen LogP contribution in [0.1, 0.15) is 34.6 Å². The number of esters is 1. The van der Waals surface area contributed by atoms with E-state index in [4.69, 9.17) is 38.3 Å². The van der Waals surface area contributed by atoms with Crippen molar-refractivity contribution in [2.75, 3.05) is 33.5 Å². The van der Waals surface area contributed by atoms with Gasteiger partial charge in [0.15, 0.2) is 11.7 Å². The number of H-pyrrole nitrogens is 1. The summed E-state index contributed by atoms with van der Waals surface area (Å²) < 4.78 is 74.4. The van der Waals surface area contributed by atoms with Gasteiger partial charge in [0.25, 0.3) is 5.56 Å². The number of nitrogens with two attached hydrogens (primary N) is 1. The number of aliphatic hydroxyl groups excluding tert-OH is 1. The molecule has 5 N–H and O–H groups in total. The maximum atomic E-state index is 15.0. The molecule has 1 aromatic heterocycles. The van der Waals surface area contributed by atoms with Crippen LogP contribution in [0.2, 0.25) is 0 Å². The van der Waals surface area contributed by atoms with E-state index in [1.165, 1.54) is 27.7 Å². The van der Waals surface area contributed by atoms with Crippen molar-refractivity contribution in [1.82, 2.24) is 9.55 Å². The van der Waals surface area contributed by atoms with Gasteiger partial charge in [0.05, 0.1) is 32.0 Å². The zero-order valence-corrected chi connectivity index (χ0v) is 27.0. The summed E-state index contributed by atoms with van der Waals surface area (Å²) in [6.07, 6.45) is -6.25. The molecule has 1 unspecified atom stereocenters. The van der Waals surface area contributed by atoms with Crippen LogP contribution in [0.3, 0.4) is 0 Å². The number of nitrogens with one attached hydrogen (secondary N) is 1. The van der Waals surface area contributed by atoms with E-state index in [-0.39, 0.29) is 0 Å². The fourth-order valence-electron chi connectivity index (χ4n) is 3.94. The van der Waals surface area contributed by atoms with Crippen LogP contribution in [-0.2, 0) is 57.9 Å². The topological polar surface area (TPSA) is 273 Å². The van der Waals surface area contributed by atoms with E-state index in [9.17, 15) is 38.8 Å². The SMILES string of the molecule is CC(C)OC(=O)OCOP(=O)(OCOC(=O)OC(C)C)OC[C@@]1(CF)O[C@@H](Cn2ccc(=O)[nH]c2=O)[C@](C)(O)[C@@H]1OC(=O)C(N)CO. The van der Waals surface area contributed by atoms with Crippen molar-refractivity contribution in [3.05, 3.63) is 33.1 Å². The Hall–Kier alpha value is -3.43. The zero-order chi connectivity index (χ0) is 35.6. The molecule has 1 aliphatic heterocycles. The van der Waals surface area contributed by atoms with Gasteiger partial charge in [0.1, 0.15) is 24.4 Å². The van der Waals surface area contributed by atoms with E-state index in [0.717, 1.165) is 23.8 Å². The van der Waals surface area contributed by atoms with Gasteiger partial charge < -0.3 is 44.4 Å². The van der Waals surface area contributed by atoms with Crippen LogP contribution in [0.4, 0.5) is 14.0 Å². The third-order valence-corrected chi connectivity index (χ3v) is 7.45. The fraction of sp³-hybridized carbons (Fsp3) is 0.720. The number of aliphatic hydroxyl groups is 2. The summed E-state index contributed by atoms with van der Waals surface area (Å²) in [4.78, 5) is 61.9.